The minimum Gasteiger partial charge on any atom is -0.457 e. The van der Waals surface area contributed by atoms with E-state index >= 15 is 0 Å². The zero-order chi connectivity index (χ0) is 12.7. The van der Waals surface area contributed by atoms with E-state index in [1.807, 2.05) is 0 Å². The Hall–Kier alpha value is -0.350. The summed E-state index contributed by atoms with van der Waals surface area (Å²) in [5.41, 5.74) is 0. The van der Waals surface area contributed by atoms with Crippen molar-refractivity contribution in [2.75, 3.05) is 0 Å². The van der Waals surface area contributed by atoms with Crippen molar-refractivity contribution in [2.24, 2.45) is 0 Å². The zero-order valence-corrected chi connectivity index (χ0v) is 12.8. The van der Waals surface area contributed by atoms with Crippen LogP contribution in [0.5, 0.6) is 0 Å². The van der Waals surface area contributed by atoms with Gasteiger partial charge in [-0.2, -0.15) is 0 Å². The molecule has 0 spiro atoms. The lowest BCUT2D eigenvalue weighted by atomic mass is 10.1. The molecule has 0 aliphatic rings. The van der Waals surface area contributed by atoms with Crippen molar-refractivity contribution in [3.05, 3.63) is 21.9 Å². The van der Waals surface area contributed by atoms with Gasteiger partial charge in [0.2, 0.25) is 0 Å². The lowest BCUT2D eigenvalue weighted by molar-refractivity contribution is -0.146. The van der Waals surface area contributed by atoms with E-state index < -0.39 is 0 Å². The zero-order valence-electron chi connectivity index (χ0n) is 10.4. The van der Waals surface area contributed by atoms with Gasteiger partial charge in [0.25, 0.3) is 0 Å². The SMILES string of the molecule is CCCCCC(OC(C)=O)c1ccc(CBr)s1. The average Bonchev–Trinajstić information content (AvgIpc) is 2.76. The number of unbranched alkanes of at least 4 members (excludes halogenated alkanes) is 2. The molecule has 96 valence electrons. The van der Waals surface area contributed by atoms with Crippen molar-refractivity contribution in [3.63, 3.8) is 0 Å². The Morgan fingerprint density at radius 3 is 2.76 bits per heavy atom. The maximum atomic E-state index is 11.1. The van der Waals surface area contributed by atoms with Gasteiger partial charge in [0.1, 0.15) is 6.10 Å². The highest BCUT2D eigenvalue weighted by Gasteiger charge is 2.16. The summed E-state index contributed by atoms with van der Waals surface area (Å²) in [5.74, 6) is -0.194. The van der Waals surface area contributed by atoms with E-state index in [2.05, 4.69) is 35.0 Å². The molecule has 0 saturated carbocycles. The quantitative estimate of drug-likeness (QED) is 0.409. The third kappa shape index (κ3) is 5.21. The van der Waals surface area contributed by atoms with Crippen molar-refractivity contribution < 1.29 is 9.53 Å². The van der Waals surface area contributed by atoms with E-state index in [4.69, 9.17) is 4.74 Å². The highest BCUT2D eigenvalue weighted by Crippen LogP contribution is 2.31. The molecule has 0 bridgehead atoms. The Labute approximate surface area is 115 Å². The fraction of sp³-hybridized carbons (Fsp3) is 0.615. The molecule has 1 aromatic rings. The van der Waals surface area contributed by atoms with Gasteiger partial charge in [-0.3, -0.25) is 4.79 Å². The highest BCUT2D eigenvalue weighted by atomic mass is 79.9. The molecule has 1 rings (SSSR count). The summed E-state index contributed by atoms with van der Waals surface area (Å²) in [6.07, 6.45) is 4.35. The second-order valence-electron chi connectivity index (χ2n) is 4.03. The lowest BCUT2D eigenvalue weighted by Gasteiger charge is -2.15. The number of esters is 1. The minimum atomic E-state index is -0.194. The first-order chi connectivity index (χ1) is 8.17. The van der Waals surface area contributed by atoms with Gasteiger partial charge in [0, 0.05) is 22.0 Å². The minimum absolute atomic E-state index is 0.0585. The standard InChI is InChI=1S/C13H19BrO2S/c1-3-4-5-6-12(16-10(2)15)13-8-7-11(9-14)17-13/h7-8,12H,3-6,9H2,1-2H3. The molecule has 1 atom stereocenters. The van der Waals surface area contributed by atoms with Crippen LogP contribution in [0.15, 0.2) is 12.1 Å². The van der Waals surface area contributed by atoms with Gasteiger partial charge >= 0.3 is 5.97 Å². The monoisotopic (exact) mass is 318 g/mol. The third-order valence-electron chi connectivity index (χ3n) is 2.51. The van der Waals surface area contributed by atoms with Crippen molar-refractivity contribution in [3.8, 4) is 0 Å². The van der Waals surface area contributed by atoms with Crippen LogP contribution in [0.25, 0.3) is 0 Å². The Bertz CT molecular complexity index is 349. The van der Waals surface area contributed by atoms with E-state index in [0.29, 0.717) is 0 Å². The number of hydrogen-bond donors (Lipinski definition) is 0. The van der Waals surface area contributed by atoms with Crippen LogP contribution in [0, 0.1) is 0 Å². The molecule has 0 fully saturated rings. The molecule has 4 heteroatoms. The fourth-order valence-electron chi connectivity index (χ4n) is 1.68. The molecule has 0 aromatic carbocycles. The maximum Gasteiger partial charge on any atom is 0.303 e. The Morgan fingerprint density at radius 1 is 1.47 bits per heavy atom. The Kier molecular flexibility index (Phi) is 6.82. The predicted molar refractivity (Wildman–Crippen MR) is 75.6 cm³/mol. The second-order valence-corrected chi connectivity index (χ2v) is 5.79. The summed E-state index contributed by atoms with van der Waals surface area (Å²) < 4.78 is 5.40. The van der Waals surface area contributed by atoms with Crippen LogP contribution in [-0.2, 0) is 14.9 Å². The predicted octanol–water partition coefficient (Wildman–Crippen LogP) is 4.83. The average molecular weight is 319 g/mol. The van der Waals surface area contributed by atoms with E-state index in [1.165, 1.54) is 24.6 Å². The van der Waals surface area contributed by atoms with Crippen LogP contribution in [0.1, 0.15) is 55.4 Å². The fourth-order valence-corrected chi connectivity index (χ4v) is 3.14. The number of carbonyl (C=O) groups is 1. The highest BCUT2D eigenvalue weighted by molar-refractivity contribution is 9.08. The number of carbonyl (C=O) groups excluding carboxylic acids is 1. The molecular formula is C13H19BrO2S. The molecule has 0 saturated heterocycles. The van der Waals surface area contributed by atoms with Crippen LogP contribution < -0.4 is 0 Å². The first-order valence-corrected chi connectivity index (χ1v) is 7.93. The largest absolute Gasteiger partial charge is 0.457 e. The number of rotatable bonds is 7. The number of alkyl halides is 1. The van der Waals surface area contributed by atoms with E-state index in [0.717, 1.165) is 23.0 Å². The van der Waals surface area contributed by atoms with Crippen molar-refractivity contribution in [2.45, 2.75) is 51.0 Å². The maximum absolute atomic E-state index is 11.1. The Morgan fingerprint density at radius 2 is 2.24 bits per heavy atom. The number of hydrogen-bond acceptors (Lipinski definition) is 3. The molecule has 0 radical (unpaired) electrons. The second kappa shape index (κ2) is 7.88. The van der Waals surface area contributed by atoms with Gasteiger partial charge < -0.3 is 4.74 Å². The summed E-state index contributed by atoms with van der Waals surface area (Å²) in [6, 6.07) is 4.16. The summed E-state index contributed by atoms with van der Waals surface area (Å²) in [7, 11) is 0. The molecule has 1 aromatic heterocycles. The molecule has 1 heterocycles. The van der Waals surface area contributed by atoms with Crippen LogP contribution >= 0.6 is 27.3 Å². The number of thiophene rings is 1. The van der Waals surface area contributed by atoms with Gasteiger partial charge in [0.15, 0.2) is 0 Å². The summed E-state index contributed by atoms with van der Waals surface area (Å²) in [5, 5.41) is 0.861. The summed E-state index contributed by atoms with van der Waals surface area (Å²) in [4.78, 5) is 13.5. The normalized spacial score (nSPS) is 12.4. The third-order valence-corrected chi connectivity index (χ3v) is 4.66. The van der Waals surface area contributed by atoms with Crippen LogP contribution in [0.2, 0.25) is 0 Å². The molecule has 0 N–H and O–H groups in total. The van der Waals surface area contributed by atoms with Gasteiger partial charge in [-0.1, -0.05) is 35.7 Å². The molecule has 17 heavy (non-hydrogen) atoms. The number of ether oxygens (including phenoxy) is 1. The molecule has 0 aliphatic carbocycles. The number of halogens is 1. The smallest absolute Gasteiger partial charge is 0.303 e. The topological polar surface area (TPSA) is 26.3 Å². The first-order valence-electron chi connectivity index (χ1n) is 5.99. The van der Waals surface area contributed by atoms with Crippen LogP contribution in [0.4, 0.5) is 0 Å². The lowest BCUT2D eigenvalue weighted by Crippen LogP contribution is -2.07. The van der Waals surface area contributed by atoms with Crippen molar-refractivity contribution in [1.82, 2.24) is 0 Å². The van der Waals surface area contributed by atoms with E-state index in [-0.39, 0.29) is 12.1 Å². The van der Waals surface area contributed by atoms with Gasteiger partial charge in [-0.25, -0.2) is 0 Å². The summed E-state index contributed by atoms with van der Waals surface area (Å²) >= 11 is 5.15. The van der Waals surface area contributed by atoms with Crippen molar-refractivity contribution in [1.29, 1.82) is 0 Å². The van der Waals surface area contributed by atoms with Gasteiger partial charge in [-0.15, -0.1) is 11.3 Å². The van der Waals surface area contributed by atoms with Crippen LogP contribution in [-0.4, -0.2) is 5.97 Å². The molecule has 1 unspecified atom stereocenters. The molecule has 2 nitrogen and oxygen atoms in total. The Balaban J connectivity index is 2.63. The first kappa shape index (κ1) is 14.7. The van der Waals surface area contributed by atoms with Gasteiger partial charge in [0.05, 0.1) is 0 Å². The van der Waals surface area contributed by atoms with Gasteiger partial charge in [-0.05, 0) is 25.0 Å². The molecule has 0 amide bonds. The van der Waals surface area contributed by atoms with Crippen LogP contribution in [0.3, 0.4) is 0 Å². The summed E-state index contributed by atoms with van der Waals surface area (Å²) in [6.45, 7) is 3.65. The van der Waals surface area contributed by atoms with Crippen molar-refractivity contribution >= 4 is 33.2 Å². The van der Waals surface area contributed by atoms with E-state index in [1.54, 1.807) is 11.3 Å². The molecule has 0 aliphatic heterocycles. The molecular weight excluding hydrogens is 300 g/mol. The van der Waals surface area contributed by atoms with E-state index in [9.17, 15) is 4.79 Å².